The molecule has 2 aromatic heterocycles. The Kier molecular flexibility index (Phi) is 3.49. The number of aromatic nitrogens is 1. The predicted molar refractivity (Wildman–Crippen MR) is 91.7 cm³/mol. The minimum Gasteiger partial charge on any atom is -0.495 e. The molecule has 0 bridgehead atoms. The lowest BCUT2D eigenvalue weighted by molar-refractivity contribution is 0.0959. The largest absolute Gasteiger partial charge is 0.495 e. The molecule has 5 heteroatoms. The minimum absolute atomic E-state index is 0.155. The van der Waals surface area contributed by atoms with Crippen LogP contribution in [0.15, 0.2) is 40.9 Å². The summed E-state index contributed by atoms with van der Waals surface area (Å²) >= 11 is 0. The topological polar surface area (TPSA) is 55.6 Å². The predicted octanol–water partition coefficient (Wildman–Crippen LogP) is 3.74. The number of methoxy groups -OCH3 is 1. The molecule has 1 aliphatic heterocycles. The molecule has 5 nitrogen and oxygen atoms in total. The molecule has 0 spiro atoms. The first kappa shape index (κ1) is 14.8. The molecule has 0 saturated heterocycles. The van der Waals surface area contributed by atoms with Crippen molar-refractivity contribution >= 4 is 22.7 Å². The number of fused-ring (bicyclic) bond motifs is 2. The third-order valence-electron chi connectivity index (χ3n) is 4.52. The summed E-state index contributed by atoms with van der Waals surface area (Å²) in [5.41, 5.74) is 4.52. The number of pyridine rings is 1. The zero-order valence-electron chi connectivity index (χ0n) is 13.7. The SMILES string of the molecule is COc1ccc(C)c2c1N(C(=O)c1cc3ncccc3o1)CCC2. The Morgan fingerprint density at radius 2 is 2.21 bits per heavy atom. The number of ether oxygens (including phenoxy) is 1. The van der Waals surface area contributed by atoms with Crippen LogP contribution in [0.3, 0.4) is 0 Å². The molecule has 0 saturated carbocycles. The van der Waals surface area contributed by atoms with Gasteiger partial charge in [0.2, 0.25) is 0 Å². The summed E-state index contributed by atoms with van der Waals surface area (Å²) in [5.74, 6) is 0.871. The maximum atomic E-state index is 13.1. The van der Waals surface area contributed by atoms with Crippen molar-refractivity contribution in [3.63, 3.8) is 0 Å². The standard InChI is InChI=1S/C19H18N2O3/c1-12-7-8-16(23-2)18-13(12)5-4-10-21(18)19(22)17-11-14-15(24-17)6-3-9-20-14/h3,6-9,11H,4-5,10H2,1-2H3. The number of nitrogens with zero attached hydrogens (tertiary/aromatic N) is 2. The van der Waals surface area contributed by atoms with E-state index in [0.717, 1.165) is 24.3 Å². The number of furan rings is 1. The van der Waals surface area contributed by atoms with E-state index in [9.17, 15) is 4.79 Å². The number of hydrogen-bond acceptors (Lipinski definition) is 4. The highest BCUT2D eigenvalue weighted by Crippen LogP contribution is 2.39. The molecule has 0 atom stereocenters. The second-order valence-corrected chi connectivity index (χ2v) is 5.97. The highest BCUT2D eigenvalue weighted by atomic mass is 16.5. The second kappa shape index (κ2) is 5.67. The molecule has 0 aliphatic carbocycles. The van der Waals surface area contributed by atoms with E-state index in [1.165, 1.54) is 11.1 Å². The quantitative estimate of drug-likeness (QED) is 0.721. The van der Waals surface area contributed by atoms with Gasteiger partial charge >= 0.3 is 0 Å². The van der Waals surface area contributed by atoms with Crippen LogP contribution in [-0.4, -0.2) is 24.5 Å². The van der Waals surface area contributed by atoms with E-state index in [4.69, 9.17) is 9.15 Å². The monoisotopic (exact) mass is 322 g/mol. The van der Waals surface area contributed by atoms with Crippen molar-refractivity contribution in [2.45, 2.75) is 19.8 Å². The molecular formula is C19H18N2O3. The summed E-state index contributed by atoms with van der Waals surface area (Å²) in [6.45, 7) is 2.72. The lowest BCUT2D eigenvalue weighted by Crippen LogP contribution is -2.36. The van der Waals surface area contributed by atoms with Crippen molar-refractivity contribution in [1.29, 1.82) is 0 Å². The van der Waals surface area contributed by atoms with E-state index in [2.05, 4.69) is 11.9 Å². The van der Waals surface area contributed by atoms with Gasteiger partial charge < -0.3 is 14.1 Å². The highest BCUT2D eigenvalue weighted by Gasteiger charge is 2.29. The van der Waals surface area contributed by atoms with Crippen LogP contribution in [0.2, 0.25) is 0 Å². The van der Waals surface area contributed by atoms with E-state index in [1.54, 1.807) is 30.3 Å². The molecule has 0 unspecified atom stereocenters. The molecule has 24 heavy (non-hydrogen) atoms. The molecule has 3 aromatic rings. The molecule has 1 aromatic carbocycles. The van der Waals surface area contributed by atoms with Crippen LogP contribution in [0.25, 0.3) is 11.1 Å². The Labute approximate surface area is 139 Å². The van der Waals surface area contributed by atoms with Gasteiger partial charge in [-0.15, -0.1) is 0 Å². The summed E-state index contributed by atoms with van der Waals surface area (Å²) in [7, 11) is 1.63. The molecular weight excluding hydrogens is 304 g/mol. The van der Waals surface area contributed by atoms with E-state index < -0.39 is 0 Å². The van der Waals surface area contributed by atoms with E-state index in [1.807, 2.05) is 18.2 Å². The number of benzene rings is 1. The van der Waals surface area contributed by atoms with Crippen LogP contribution in [0.1, 0.15) is 28.1 Å². The van der Waals surface area contributed by atoms with Crippen molar-refractivity contribution in [3.8, 4) is 5.75 Å². The van der Waals surface area contributed by atoms with Gasteiger partial charge in [0.15, 0.2) is 11.3 Å². The average molecular weight is 322 g/mol. The second-order valence-electron chi connectivity index (χ2n) is 5.97. The van der Waals surface area contributed by atoms with Gasteiger partial charge in [-0.05, 0) is 49.1 Å². The summed E-state index contributed by atoms with van der Waals surface area (Å²) in [6.07, 6.45) is 3.56. The summed E-state index contributed by atoms with van der Waals surface area (Å²) in [6, 6.07) is 9.27. The van der Waals surface area contributed by atoms with Crippen LogP contribution >= 0.6 is 0 Å². The van der Waals surface area contributed by atoms with Gasteiger partial charge in [0.25, 0.3) is 5.91 Å². The Morgan fingerprint density at radius 3 is 3.00 bits per heavy atom. The Morgan fingerprint density at radius 1 is 1.33 bits per heavy atom. The first-order chi connectivity index (χ1) is 11.7. The number of rotatable bonds is 2. The number of hydrogen-bond donors (Lipinski definition) is 0. The molecule has 0 radical (unpaired) electrons. The Hall–Kier alpha value is -2.82. The minimum atomic E-state index is -0.155. The zero-order valence-corrected chi connectivity index (χ0v) is 13.7. The van der Waals surface area contributed by atoms with Gasteiger partial charge in [-0.2, -0.15) is 0 Å². The van der Waals surface area contributed by atoms with Gasteiger partial charge in [0.05, 0.1) is 12.8 Å². The van der Waals surface area contributed by atoms with Gasteiger partial charge in [0, 0.05) is 18.8 Å². The number of amides is 1. The third kappa shape index (κ3) is 2.24. The molecule has 3 heterocycles. The van der Waals surface area contributed by atoms with Crippen molar-refractivity contribution in [2.24, 2.45) is 0 Å². The molecule has 122 valence electrons. The van der Waals surface area contributed by atoms with Gasteiger partial charge in [0.1, 0.15) is 11.3 Å². The normalized spacial score (nSPS) is 13.8. The maximum Gasteiger partial charge on any atom is 0.294 e. The van der Waals surface area contributed by atoms with Crippen LogP contribution in [0, 0.1) is 6.92 Å². The summed E-state index contributed by atoms with van der Waals surface area (Å²) in [5, 5.41) is 0. The Bertz CT molecular complexity index is 897. The van der Waals surface area contributed by atoms with Gasteiger partial charge in [-0.1, -0.05) is 6.07 Å². The molecule has 4 rings (SSSR count). The first-order valence-corrected chi connectivity index (χ1v) is 8.02. The van der Waals surface area contributed by atoms with Crippen molar-refractivity contribution < 1.29 is 13.9 Å². The summed E-state index contributed by atoms with van der Waals surface area (Å²) < 4.78 is 11.2. The zero-order chi connectivity index (χ0) is 16.7. The third-order valence-corrected chi connectivity index (χ3v) is 4.52. The lowest BCUT2D eigenvalue weighted by Gasteiger charge is -2.31. The fraction of sp³-hybridized carbons (Fsp3) is 0.263. The first-order valence-electron chi connectivity index (χ1n) is 8.02. The van der Waals surface area contributed by atoms with Crippen molar-refractivity contribution in [1.82, 2.24) is 4.98 Å². The highest BCUT2D eigenvalue weighted by molar-refractivity contribution is 6.07. The summed E-state index contributed by atoms with van der Waals surface area (Å²) in [4.78, 5) is 19.1. The van der Waals surface area contributed by atoms with Crippen LogP contribution in [0.5, 0.6) is 5.75 Å². The number of carbonyl (C=O) groups excluding carboxylic acids is 1. The van der Waals surface area contributed by atoms with Gasteiger partial charge in [-0.3, -0.25) is 9.78 Å². The van der Waals surface area contributed by atoms with Crippen LogP contribution in [0.4, 0.5) is 5.69 Å². The number of carbonyl (C=O) groups is 1. The van der Waals surface area contributed by atoms with Gasteiger partial charge in [-0.25, -0.2) is 0 Å². The van der Waals surface area contributed by atoms with E-state index >= 15 is 0 Å². The Balaban J connectivity index is 1.81. The average Bonchev–Trinajstić information content (AvgIpc) is 3.05. The maximum absolute atomic E-state index is 13.1. The van der Waals surface area contributed by atoms with Crippen molar-refractivity contribution in [2.75, 3.05) is 18.6 Å². The van der Waals surface area contributed by atoms with E-state index in [0.29, 0.717) is 23.4 Å². The molecule has 1 aliphatic rings. The number of anilines is 1. The van der Waals surface area contributed by atoms with E-state index in [-0.39, 0.29) is 5.91 Å². The molecule has 0 N–H and O–H groups in total. The van der Waals surface area contributed by atoms with Crippen LogP contribution < -0.4 is 9.64 Å². The van der Waals surface area contributed by atoms with Crippen molar-refractivity contribution in [3.05, 3.63) is 53.4 Å². The van der Waals surface area contributed by atoms with Crippen LogP contribution in [-0.2, 0) is 6.42 Å². The smallest absolute Gasteiger partial charge is 0.294 e. The number of aryl methyl sites for hydroxylation is 1. The fourth-order valence-corrected chi connectivity index (χ4v) is 3.33. The molecule has 0 fully saturated rings. The lowest BCUT2D eigenvalue weighted by atomic mass is 9.96. The fourth-order valence-electron chi connectivity index (χ4n) is 3.33. The molecule has 1 amide bonds.